The lowest BCUT2D eigenvalue weighted by molar-refractivity contribution is 0.0822. The summed E-state index contributed by atoms with van der Waals surface area (Å²) >= 11 is 0. The number of aromatic nitrogens is 4. The monoisotopic (exact) mass is 578 g/mol. The van der Waals surface area contributed by atoms with Crippen LogP contribution in [-0.2, 0) is 10.0 Å². The molecule has 1 aromatic carbocycles. The Morgan fingerprint density at radius 3 is 2.29 bits per heavy atom. The van der Waals surface area contributed by atoms with Crippen LogP contribution in [-0.4, -0.2) is 67.5 Å². The van der Waals surface area contributed by atoms with Gasteiger partial charge in [0.15, 0.2) is 28.2 Å². The van der Waals surface area contributed by atoms with E-state index in [9.17, 15) is 13.2 Å². The molecule has 0 fully saturated rings. The molecule has 214 valence electrons. The van der Waals surface area contributed by atoms with Crippen LogP contribution in [0, 0.1) is 0 Å². The number of benzene rings is 1. The third-order valence-corrected chi connectivity index (χ3v) is 7.14. The maximum absolute atomic E-state index is 13.5. The molecule has 1 amide bonds. The van der Waals surface area contributed by atoms with Crippen molar-refractivity contribution in [3.63, 3.8) is 0 Å². The lowest BCUT2D eigenvalue weighted by atomic mass is 10.1. The Morgan fingerprint density at radius 2 is 1.68 bits per heavy atom. The fraction of sp³-hybridized carbons (Fsp3) is 0.250. The summed E-state index contributed by atoms with van der Waals surface area (Å²) < 4.78 is 46.4. The third-order valence-electron chi connectivity index (χ3n) is 5.88. The molecule has 1 N–H and O–H groups in total. The normalized spacial score (nSPS) is 11.2. The molecule has 0 spiro atoms. The number of carbonyl (C=O) groups is 1. The van der Waals surface area contributed by atoms with Crippen LogP contribution < -0.4 is 18.9 Å². The van der Waals surface area contributed by atoms with Crippen molar-refractivity contribution in [3.05, 3.63) is 72.2 Å². The molecule has 12 nitrogen and oxygen atoms in total. The van der Waals surface area contributed by atoms with Gasteiger partial charge in [-0.25, -0.2) is 9.97 Å². The number of pyridine rings is 2. The van der Waals surface area contributed by atoms with Crippen LogP contribution in [0.25, 0.3) is 11.4 Å². The van der Waals surface area contributed by atoms with E-state index >= 15 is 0 Å². The largest absolute Gasteiger partial charge is 0.493 e. The molecule has 0 aliphatic carbocycles. The molecule has 0 saturated carbocycles. The summed E-state index contributed by atoms with van der Waals surface area (Å²) in [5, 5.41) is -0.216. The van der Waals surface area contributed by atoms with E-state index in [-0.39, 0.29) is 51.6 Å². The fourth-order valence-electron chi connectivity index (χ4n) is 3.66. The lowest BCUT2D eigenvalue weighted by Crippen LogP contribution is -2.22. The van der Waals surface area contributed by atoms with E-state index < -0.39 is 10.0 Å². The summed E-state index contributed by atoms with van der Waals surface area (Å²) in [6.45, 7) is 3.96. The lowest BCUT2D eigenvalue weighted by Gasteiger charge is -2.17. The molecule has 0 aliphatic heterocycles. The van der Waals surface area contributed by atoms with Crippen molar-refractivity contribution in [1.29, 1.82) is 0 Å². The molecule has 41 heavy (non-hydrogen) atoms. The average molecular weight is 579 g/mol. The van der Waals surface area contributed by atoms with Crippen molar-refractivity contribution in [2.45, 2.75) is 24.8 Å². The van der Waals surface area contributed by atoms with Crippen LogP contribution in [0.2, 0.25) is 0 Å². The van der Waals surface area contributed by atoms with Gasteiger partial charge >= 0.3 is 0 Å². The van der Waals surface area contributed by atoms with Crippen molar-refractivity contribution in [2.75, 3.05) is 33.0 Å². The smallest absolute Gasteiger partial charge is 0.280 e. The molecule has 0 saturated heterocycles. The van der Waals surface area contributed by atoms with Gasteiger partial charge < -0.3 is 19.1 Å². The summed E-state index contributed by atoms with van der Waals surface area (Å²) in [6.07, 6.45) is 2.95. The highest BCUT2D eigenvalue weighted by Gasteiger charge is 2.26. The molecule has 13 heteroatoms. The minimum Gasteiger partial charge on any atom is -0.493 e. The first-order valence-corrected chi connectivity index (χ1v) is 14.0. The molecular weight excluding hydrogens is 548 g/mol. The highest BCUT2D eigenvalue weighted by atomic mass is 32.2. The van der Waals surface area contributed by atoms with Crippen molar-refractivity contribution < 1.29 is 27.4 Å². The van der Waals surface area contributed by atoms with Gasteiger partial charge in [0, 0.05) is 32.1 Å². The van der Waals surface area contributed by atoms with Gasteiger partial charge in [0.2, 0.25) is 5.75 Å². The summed E-state index contributed by atoms with van der Waals surface area (Å²) in [5.74, 6) is 0.167. The predicted molar refractivity (Wildman–Crippen MR) is 152 cm³/mol. The second-order valence-electron chi connectivity index (χ2n) is 9.31. The molecular formula is C28H30N6O6S. The molecule has 0 atom stereocenters. The number of rotatable bonds is 10. The van der Waals surface area contributed by atoms with Gasteiger partial charge in [-0.3, -0.25) is 14.5 Å². The van der Waals surface area contributed by atoms with E-state index in [0.29, 0.717) is 11.3 Å². The van der Waals surface area contributed by atoms with Gasteiger partial charge in [-0.2, -0.15) is 13.4 Å². The molecule has 4 rings (SSSR count). The number of hydrogen-bond acceptors (Lipinski definition) is 10. The quantitative estimate of drug-likeness (QED) is 0.288. The second-order valence-corrected chi connectivity index (χ2v) is 10.9. The first-order chi connectivity index (χ1) is 19.5. The number of sulfonamides is 1. The van der Waals surface area contributed by atoms with Gasteiger partial charge in [-0.05, 0) is 41.8 Å². The number of methoxy groups -OCH3 is 2. The van der Waals surface area contributed by atoms with Crippen molar-refractivity contribution in [1.82, 2.24) is 24.8 Å². The van der Waals surface area contributed by atoms with Crippen molar-refractivity contribution in [2.24, 2.45) is 0 Å². The molecule has 0 aliphatic rings. The van der Waals surface area contributed by atoms with Crippen LogP contribution in [0.5, 0.6) is 23.1 Å². The zero-order chi connectivity index (χ0) is 29.7. The maximum Gasteiger partial charge on any atom is 0.280 e. The summed E-state index contributed by atoms with van der Waals surface area (Å²) in [4.78, 5) is 31.1. The Bertz CT molecular complexity index is 1660. The Labute approximate surface area is 238 Å². The van der Waals surface area contributed by atoms with E-state index in [1.807, 2.05) is 13.8 Å². The highest BCUT2D eigenvalue weighted by molar-refractivity contribution is 7.92. The topological polar surface area (TPSA) is 146 Å². The minimum atomic E-state index is -4.23. The van der Waals surface area contributed by atoms with Crippen molar-refractivity contribution in [3.8, 4) is 34.5 Å². The first-order valence-electron chi connectivity index (χ1n) is 12.5. The molecule has 3 aromatic heterocycles. The van der Waals surface area contributed by atoms with E-state index in [0.717, 1.165) is 5.56 Å². The fourth-order valence-corrected chi connectivity index (χ4v) is 4.60. The minimum absolute atomic E-state index is 0.0604. The summed E-state index contributed by atoms with van der Waals surface area (Å²) in [6, 6.07) is 13.0. The molecule has 0 unspecified atom stereocenters. The zero-order valence-corrected chi connectivity index (χ0v) is 24.3. The number of ether oxygens (including phenoxy) is 3. The standard InChI is InChI=1S/C28H30N6O6S/c1-17(2)19-11-12-23(30-16-19)41(36,37)33-26-24(40-22-10-8-7-9-21(22)38-5)27(39-6)32-25(31-26)18-13-14-29-20(15-18)28(35)34(3)4/h7-17H,1-6H3,(H,31,32,33). The number of hydrogen-bond donors (Lipinski definition) is 1. The van der Waals surface area contributed by atoms with Gasteiger partial charge in [0.05, 0.1) is 14.2 Å². The summed E-state index contributed by atoms with van der Waals surface area (Å²) in [7, 11) is 1.82. The number of carbonyl (C=O) groups excluding carboxylic acids is 1. The molecule has 0 bridgehead atoms. The van der Waals surface area contributed by atoms with Crippen LogP contribution >= 0.6 is 0 Å². The number of amides is 1. The molecule has 0 radical (unpaired) electrons. The highest BCUT2D eigenvalue weighted by Crippen LogP contribution is 2.41. The van der Waals surface area contributed by atoms with E-state index in [1.54, 1.807) is 50.5 Å². The molecule has 3 heterocycles. The van der Waals surface area contributed by atoms with Gasteiger partial charge in [-0.1, -0.05) is 32.0 Å². The third kappa shape index (κ3) is 6.52. The SMILES string of the molecule is COc1ccccc1Oc1c(NS(=O)(=O)c2ccc(C(C)C)cn2)nc(-c2ccnc(C(=O)N(C)C)c2)nc1OC. The number of anilines is 1. The Morgan fingerprint density at radius 1 is 0.951 bits per heavy atom. The van der Waals surface area contributed by atoms with Gasteiger partial charge in [-0.15, -0.1) is 0 Å². The number of para-hydroxylation sites is 2. The predicted octanol–water partition coefficient (Wildman–Crippen LogP) is 4.37. The van der Waals surface area contributed by atoms with Crippen LogP contribution in [0.15, 0.2) is 66.0 Å². The Hall–Kier alpha value is -4.78. The number of nitrogens with one attached hydrogen (secondary N) is 1. The Kier molecular flexibility index (Phi) is 8.67. The van der Waals surface area contributed by atoms with Crippen LogP contribution in [0.1, 0.15) is 35.8 Å². The number of nitrogens with zero attached hydrogens (tertiary/aromatic N) is 5. The first kappa shape index (κ1) is 29.2. The van der Waals surface area contributed by atoms with E-state index in [2.05, 4.69) is 24.7 Å². The molecule has 4 aromatic rings. The van der Waals surface area contributed by atoms with E-state index in [4.69, 9.17) is 14.2 Å². The van der Waals surface area contributed by atoms with E-state index in [1.165, 1.54) is 43.6 Å². The summed E-state index contributed by atoms with van der Waals surface area (Å²) in [5.41, 5.74) is 1.43. The second kappa shape index (κ2) is 12.2. The van der Waals surface area contributed by atoms with Gasteiger partial charge in [0.25, 0.3) is 21.8 Å². The average Bonchev–Trinajstić information content (AvgIpc) is 2.97. The van der Waals surface area contributed by atoms with Crippen LogP contribution in [0.3, 0.4) is 0 Å². The van der Waals surface area contributed by atoms with Gasteiger partial charge in [0.1, 0.15) is 5.69 Å². The Balaban J connectivity index is 1.86. The van der Waals surface area contributed by atoms with Crippen molar-refractivity contribution >= 4 is 21.7 Å². The maximum atomic E-state index is 13.5. The zero-order valence-electron chi connectivity index (χ0n) is 23.4. The van der Waals surface area contributed by atoms with Crippen LogP contribution in [0.4, 0.5) is 5.82 Å².